The van der Waals surface area contributed by atoms with Gasteiger partial charge in [-0.05, 0) is 51.0 Å². The van der Waals surface area contributed by atoms with Crippen LogP contribution in [0.3, 0.4) is 0 Å². The van der Waals surface area contributed by atoms with Crippen molar-refractivity contribution in [2.75, 3.05) is 6.67 Å². The number of alkyl halides is 1. The summed E-state index contributed by atoms with van der Waals surface area (Å²) in [6.07, 6.45) is 10.5. The summed E-state index contributed by atoms with van der Waals surface area (Å²) in [7, 11) is 0. The smallest absolute Gasteiger partial charge is 0.0894 e. The fourth-order valence-corrected chi connectivity index (χ4v) is 2.50. The molecule has 0 heterocycles. The van der Waals surface area contributed by atoms with Crippen molar-refractivity contribution in [2.24, 2.45) is 16.8 Å². The maximum Gasteiger partial charge on any atom is 0.0894 e. The lowest BCUT2D eigenvalue weighted by molar-refractivity contribution is 0.436. The Labute approximate surface area is 122 Å². The van der Waals surface area contributed by atoms with E-state index in [1.165, 1.54) is 0 Å². The number of hydrogen-bond acceptors (Lipinski definition) is 2. The van der Waals surface area contributed by atoms with E-state index in [9.17, 15) is 4.39 Å². The van der Waals surface area contributed by atoms with Crippen LogP contribution < -0.4 is 0 Å². The van der Waals surface area contributed by atoms with Crippen molar-refractivity contribution in [3.63, 3.8) is 0 Å². The van der Waals surface area contributed by atoms with Gasteiger partial charge < -0.3 is 5.41 Å². The molecular formula is C17H27FN2. The van der Waals surface area contributed by atoms with E-state index in [4.69, 9.17) is 5.41 Å². The second kappa shape index (κ2) is 8.83. The Bertz CT molecular complexity index is 407. The highest BCUT2D eigenvalue weighted by molar-refractivity contribution is 6.02. The van der Waals surface area contributed by atoms with E-state index in [2.05, 4.69) is 24.9 Å². The van der Waals surface area contributed by atoms with Gasteiger partial charge in [-0.3, -0.25) is 9.38 Å². The molecule has 0 spiro atoms. The van der Waals surface area contributed by atoms with E-state index < -0.39 is 0 Å². The van der Waals surface area contributed by atoms with Gasteiger partial charge in [0.15, 0.2) is 0 Å². The minimum atomic E-state index is -0.262. The minimum absolute atomic E-state index is 0.244. The molecule has 3 heteroatoms. The zero-order valence-corrected chi connectivity index (χ0v) is 13.0. The molecule has 0 aromatic carbocycles. The summed E-state index contributed by atoms with van der Waals surface area (Å²) in [5.74, 6) is 0.567. The monoisotopic (exact) mass is 278 g/mol. The normalized spacial score (nSPS) is 26.4. The van der Waals surface area contributed by atoms with Crippen LogP contribution in [0, 0.1) is 17.2 Å². The lowest BCUT2D eigenvalue weighted by atomic mass is 9.93. The zero-order valence-electron chi connectivity index (χ0n) is 13.0. The molecular weight excluding hydrogens is 251 g/mol. The number of rotatable bonds is 6. The first-order valence-corrected chi connectivity index (χ1v) is 7.66. The number of halogens is 1. The van der Waals surface area contributed by atoms with Crippen molar-refractivity contribution >= 4 is 11.4 Å². The number of nitrogens with zero attached hydrogens (tertiary/aromatic N) is 1. The van der Waals surface area contributed by atoms with Gasteiger partial charge in [0.1, 0.15) is 0 Å². The molecule has 2 unspecified atom stereocenters. The van der Waals surface area contributed by atoms with Gasteiger partial charge in [-0.2, -0.15) is 0 Å². The minimum Gasteiger partial charge on any atom is -0.303 e. The summed E-state index contributed by atoms with van der Waals surface area (Å²) in [6, 6.07) is 0. The van der Waals surface area contributed by atoms with Crippen LogP contribution in [0.4, 0.5) is 4.39 Å². The van der Waals surface area contributed by atoms with Crippen LogP contribution >= 0.6 is 0 Å². The fraction of sp³-hybridized carbons (Fsp3) is 0.647. The molecule has 2 atom stereocenters. The van der Waals surface area contributed by atoms with Gasteiger partial charge in [-0.1, -0.05) is 26.0 Å². The summed E-state index contributed by atoms with van der Waals surface area (Å²) in [4.78, 5) is 4.67. The molecule has 0 aliphatic heterocycles. The Morgan fingerprint density at radius 3 is 2.95 bits per heavy atom. The maximum absolute atomic E-state index is 12.3. The first-order valence-electron chi connectivity index (χ1n) is 7.66. The SMILES string of the molecule is CCC(CCCF)C(C)=N/C1=C/C=C\CCC(C)C1=N. The lowest BCUT2D eigenvalue weighted by Crippen LogP contribution is -2.16. The maximum atomic E-state index is 12.3. The molecule has 112 valence electrons. The highest BCUT2D eigenvalue weighted by Gasteiger charge is 2.16. The van der Waals surface area contributed by atoms with Crippen molar-refractivity contribution in [2.45, 2.75) is 52.9 Å². The van der Waals surface area contributed by atoms with Gasteiger partial charge in [-0.15, -0.1) is 0 Å². The van der Waals surface area contributed by atoms with E-state index in [0.29, 0.717) is 18.1 Å². The molecule has 0 bridgehead atoms. The molecule has 0 aromatic rings. The third-order valence-corrected chi connectivity index (χ3v) is 3.99. The molecule has 1 N–H and O–H groups in total. The molecule has 1 aliphatic rings. The Morgan fingerprint density at radius 1 is 1.55 bits per heavy atom. The van der Waals surface area contributed by atoms with E-state index >= 15 is 0 Å². The highest BCUT2D eigenvalue weighted by Crippen LogP contribution is 2.20. The lowest BCUT2D eigenvalue weighted by Gasteiger charge is -2.18. The molecule has 0 amide bonds. The molecule has 2 nitrogen and oxygen atoms in total. The summed E-state index contributed by atoms with van der Waals surface area (Å²) < 4.78 is 12.3. The van der Waals surface area contributed by atoms with Gasteiger partial charge in [0.25, 0.3) is 0 Å². The van der Waals surface area contributed by atoms with Crippen LogP contribution in [0.5, 0.6) is 0 Å². The van der Waals surface area contributed by atoms with Crippen LogP contribution in [0.1, 0.15) is 52.9 Å². The first kappa shape index (κ1) is 16.8. The van der Waals surface area contributed by atoms with Crippen LogP contribution in [-0.4, -0.2) is 18.1 Å². The van der Waals surface area contributed by atoms with E-state index in [0.717, 1.165) is 37.1 Å². The number of allylic oxidation sites excluding steroid dienone is 4. The van der Waals surface area contributed by atoms with Crippen LogP contribution in [0.2, 0.25) is 0 Å². The molecule has 0 aromatic heterocycles. The second-order valence-corrected chi connectivity index (χ2v) is 5.56. The Hall–Kier alpha value is -1.25. The van der Waals surface area contributed by atoms with E-state index in [1.54, 1.807) is 0 Å². The van der Waals surface area contributed by atoms with Gasteiger partial charge >= 0.3 is 0 Å². The number of aliphatic imine (C=N–C) groups is 1. The quantitative estimate of drug-likeness (QED) is 0.655. The molecule has 0 radical (unpaired) electrons. The number of nitrogens with one attached hydrogen (secondary N) is 1. The predicted molar refractivity (Wildman–Crippen MR) is 85.4 cm³/mol. The topological polar surface area (TPSA) is 36.2 Å². The predicted octanol–water partition coefficient (Wildman–Crippen LogP) is 5.11. The van der Waals surface area contributed by atoms with Crippen molar-refractivity contribution in [1.82, 2.24) is 0 Å². The standard InChI is InChI=1S/C17H27FN2/c1-4-15(10-8-12-18)14(3)20-16-11-7-5-6-9-13(2)17(16)19/h5,7,11,13,15,19H,4,6,8-10,12H2,1-3H3/b7-5-,16-11+,19-17?,20-14?. The van der Waals surface area contributed by atoms with Crippen molar-refractivity contribution in [1.29, 1.82) is 5.41 Å². The largest absolute Gasteiger partial charge is 0.303 e. The molecule has 1 aliphatic carbocycles. The molecule has 0 saturated carbocycles. The van der Waals surface area contributed by atoms with Crippen LogP contribution in [-0.2, 0) is 0 Å². The van der Waals surface area contributed by atoms with E-state index in [1.807, 2.05) is 19.1 Å². The highest BCUT2D eigenvalue weighted by atomic mass is 19.1. The molecule has 1 rings (SSSR count). The van der Waals surface area contributed by atoms with Gasteiger partial charge in [0.2, 0.25) is 0 Å². The van der Waals surface area contributed by atoms with Gasteiger partial charge in [0.05, 0.1) is 18.1 Å². The average molecular weight is 278 g/mol. The van der Waals surface area contributed by atoms with Gasteiger partial charge in [0, 0.05) is 11.6 Å². The zero-order chi connectivity index (χ0) is 15.0. The molecule has 0 saturated heterocycles. The summed E-state index contributed by atoms with van der Waals surface area (Å²) in [6.45, 7) is 5.94. The molecule has 20 heavy (non-hydrogen) atoms. The van der Waals surface area contributed by atoms with Crippen molar-refractivity contribution in [3.8, 4) is 0 Å². The van der Waals surface area contributed by atoms with Crippen LogP contribution in [0.15, 0.2) is 28.9 Å². The third-order valence-electron chi connectivity index (χ3n) is 3.99. The number of hydrogen-bond donors (Lipinski definition) is 1. The fourth-order valence-electron chi connectivity index (χ4n) is 2.50. The summed E-state index contributed by atoms with van der Waals surface area (Å²) >= 11 is 0. The summed E-state index contributed by atoms with van der Waals surface area (Å²) in [5.41, 5.74) is 2.41. The Balaban J connectivity index is 2.89. The summed E-state index contributed by atoms with van der Waals surface area (Å²) in [5, 5.41) is 8.25. The Morgan fingerprint density at radius 2 is 2.30 bits per heavy atom. The van der Waals surface area contributed by atoms with Gasteiger partial charge in [-0.25, -0.2) is 0 Å². The first-order chi connectivity index (χ1) is 9.60. The van der Waals surface area contributed by atoms with Crippen molar-refractivity contribution in [3.05, 3.63) is 23.9 Å². The second-order valence-electron chi connectivity index (χ2n) is 5.56. The average Bonchev–Trinajstić information content (AvgIpc) is 2.44. The molecule has 0 fully saturated rings. The van der Waals surface area contributed by atoms with E-state index in [-0.39, 0.29) is 12.6 Å². The Kier molecular flexibility index (Phi) is 7.42. The van der Waals surface area contributed by atoms with Crippen LogP contribution in [0.25, 0.3) is 0 Å². The third kappa shape index (κ3) is 5.03. The van der Waals surface area contributed by atoms with Crippen molar-refractivity contribution < 1.29 is 4.39 Å².